The predicted octanol–water partition coefficient (Wildman–Crippen LogP) is 8.93. The van der Waals surface area contributed by atoms with E-state index in [-0.39, 0.29) is 122 Å². The zero-order valence-corrected chi connectivity index (χ0v) is 53.4. The predicted molar refractivity (Wildman–Crippen MR) is 331 cm³/mol. The summed E-state index contributed by atoms with van der Waals surface area (Å²) in [6, 6.07) is 15.7. The van der Waals surface area contributed by atoms with Gasteiger partial charge in [-0.25, -0.2) is 0 Å². The molecule has 0 radical (unpaired) electrons. The van der Waals surface area contributed by atoms with Crippen molar-refractivity contribution in [1.82, 2.24) is 15.0 Å². The number of nitro groups is 1. The maximum Gasteiger partial charge on any atom is 0.297 e. The molecule has 0 aliphatic rings. The number of hydrogen-bond donors (Lipinski definition) is 9. The van der Waals surface area contributed by atoms with Gasteiger partial charge in [0.15, 0.2) is 0 Å². The van der Waals surface area contributed by atoms with Gasteiger partial charge in [-0.2, -0.15) is 75.7 Å². The van der Waals surface area contributed by atoms with Crippen LogP contribution in [0.25, 0.3) is 0 Å². The molecular formula is C47H54N14O21S8. The Hall–Kier alpha value is -7.53. The minimum atomic E-state index is -5.10. The van der Waals surface area contributed by atoms with Crippen molar-refractivity contribution in [2.45, 2.75) is 52.7 Å². The summed E-state index contributed by atoms with van der Waals surface area (Å²) < 4.78 is 205. The number of ether oxygens (including phenoxy) is 1. The Labute approximate surface area is 523 Å². The normalized spacial score (nSPS) is 12.7. The molecule has 90 heavy (non-hydrogen) atoms. The SMILES string of the molecule is Cc1cc(N)c(OCCCS(=O)(=O)O)cc1N=Nc1cc(Nc2nc(Nc3cccc(S(=O)(=O)O)c3)nc(N(C)CCS(=O)(=O)O)n2)c(N=Nc2cc(C)c(N=Nc3ccc([N+](=O)[O-])cc3S(=O)(=O)O)cc2SCCCS(=O)(=O)O)cc1SCCCS(=O)(=O)O. The van der Waals surface area contributed by atoms with Crippen molar-refractivity contribution in [3.8, 4) is 5.75 Å². The summed E-state index contributed by atoms with van der Waals surface area (Å²) in [6.45, 7) is 2.54. The van der Waals surface area contributed by atoms with Crippen LogP contribution in [0.3, 0.4) is 0 Å². The molecule has 0 saturated carbocycles. The lowest BCUT2D eigenvalue weighted by atomic mass is 10.1. The summed E-state index contributed by atoms with van der Waals surface area (Å²) >= 11 is 1.99. The third-order valence-corrected chi connectivity index (χ3v) is 18.7. The highest BCUT2D eigenvalue weighted by Crippen LogP contribution is 2.44. The molecule has 35 nitrogen and oxygen atoms in total. The number of nitrogens with zero attached hydrogens (tertiary/aromatic N) is 11. The fourth-order valence-corrected chi connectivity index (χ4v) is 12.8. The Balaban J connectivity index is 1.58. The summed E-state index contributed by atoms with van der Waals surface area (Å²) in [5.74, 6) is -3.65. The minimum absolute atomic E-state index is 0.0000769. The molecule has 0 atom stereocenters. The van der Waals surface area contributed by atoms with Crippen LogP contribution in [0.1, 0.15) is 30.4 Å². The van der Waals surface area contributed by atoms with Gasteiger partial charge in [-0.05, 0) is 110 Å². The average molecular weight is 1410 g/mol. The van der Waals surface area contributed by atoms with Crippen molar-refractivity contribution < 1.29 is 87.5 Å². The number of benzene rings is 5. The highest BCUT2D eigenvalue weighted by atomic mass is 32.2. The summed E-state index contributed by atoms with van der Waals surface area (Å²) in [4.78, 5) is 23.9. The molecule has 0 aliphatic heterocycles. The van der Waals surface area contributed by atoms with E-state index in [2.05, 4.69) is 56.3 Å². The molecular weight excluding hydrogens is 1350 g/mol. The van der Waals surface area contributed by atoms with Crippen LogP contribution in [-0.4, -0.2) is 152 Å². The molecule has 0 amide bonds. The zero-order valence-electron chi connectivity index (χ0n) is 46.9. The van der Waals surface area contributed by atoms with Gasteiger partial charge in [0.05, 0.1) is 67.9 Å². The summed E-state index contributed by atoms with van der Waals surface area (Å²) in [6.07, 6.45) is -0.348. The van der Waals surface area contributed by atoms with E-state index in [0.717, 1.165) is 47.8 Å². The number of aromatic nitrogens is 3. The summed E-state index contributed by atoms with van der Waals surface area (Å²) in [7, 11) is -26.2. The van der Waals surface area contributed by atoms with Crippen molar-refractivity contribution in [3.05, 3.63) is 100 Å². The van der Waals surface area contributed by atoms with Crippen LogP contribution in [0.4, 0.5) is 74.7 Å². The Morgan fingerprint density at radius 1 is 0.578 bits per heavy atom. The molecule has 486 valence electrons. The number of rotatable bonds is 32. The van der Waals surface area contributed by atoms with Crippen LogP contribution in [0.15, 0.2) is 129 Å². The number of non-ortho nitro benzene ring substituents is 1. The number of nitrogens with one attached hydrogen (secondary N) is 2. The summed E-state index contributed by atoms with van der Waals surface area (Å²) in [5.41, 5.74) is 5.94. The molecule has 6 aromatic rings. The largest absolute Gasteiger partial charge is 0.491 e. The van der Waals surface area contributed by atoms with E-state index < -0.39 is 116 Å². The van der Waals surface area contributed by atoms with E-state index in [1.165, 1.54) is 67.4 Å². The van der Waals surface area contributed by atoms with Crippen LogP contribution < -0.4 is 26.0 Å². The van der Waals surface area contributed by atoms with Gasteiger partial charge in [-0.15, -0.1) is 44.0 Å². The van der Waals surface area contributed by atoms with Crippen molar-refractivity contribution in [1.29, 1.82) is 0 Å². The lowest BCUT2D eigenvalue weighted by Crippen LogP contribution is -2.27. The topological polar surface area (TPSA) is 545 Å². The quantitative estimate of drug-likeness (QED) is 0.00362. The number of aryl methyl sites for hydroxylation is 2. The minimum Gasteiger partial charge on any atom is -0.491 e. The highest BCUT2D eigenvalue weighted by molar-refractivity contribution is 7.99. The standard InChI is InChI=1S/C47H54N14O21S8/c1-28-20-33(48)41(82-13-5-16-85(64,65)66)25-35(28)55-59-40-24-37(50-46-51-45(49-30-8-4-9-32(22-30)89(76,77)78)52-47(53-46)60(3)12-19-88(73,74)75)38(27-43(40)84-15-7-18-87(70,71)72)57-58-39-21-29(2)36(26-42(39)83-14-6-17-86(67,68)69)56-54-34-11-10-31(61(62)63)23-44(34)90(79,80)81/h4,8-11,20-27H,5-7,12-19,48H2,1-3H3,(H,64,65,66)(H,67,68,69)(H,70,71,72)(H,73,74,75)(H,76,77,78)(H,79,80,81)(H2,49,50,51,52,53). The first-order valence-electron chi connectivity index (χ1n) is 25.3. The number of nitrogens with two attached hydrogens (primary N) is 1. The van der Waals surface area contributed by atoms with Crippen molar-refractivity contribution in [3.63, 3.8) is 0 Å². The first-order valence-corrected chi connectivity index (χ1v) is 36.6. The van der Waals surface area contributed by atoms with Crippen molar-refractivity contribution >= 4 is 159 Å². The second-order valence-electron chi connectivity index (χ2n) is 18.8. The lowest BCUT2D eigenvalue weighted by molar-refractivity contribution is -0.385. The Kier molecular flexibility index (Phi) is 23.9. The van der Waals surface area contributed by atoms with Crippen molar-refractivity contribution in [2.24, 2.45) is 30.7 Å². The van der Waals surface area contributed by atoms with Crippen LogP contribution in [0.5, 0.6) is 5.75 Å². The fourth-order valence-electron chi connectivity index (χ4n) is 7.31. The second-order valence-corrected chi connectivity index (χ2v) is 30.2. The van der Waals surface area contributed by atoms with E-state index >= 15 is 0 Å². The van der Waals surface area contributed by atoms with Crippen LogP contribution in [-0.2, 0) is 60.7 Å². The van der Waals surface area contributed by atoms with Gasteiger partial charge in [0.25, 0.3) is 66.4 Å². The molecule has 0 saturated heterocycles. The van der Waals surface area contributed by atoms with E-state index in [1.807, 2.05) is 0 Å². The van der Waals surface area contributed by atoms with Gasteiger partial charge >= 0.3 is 0 Å². The van der Waals surface area contributed by atoms with Crippen LogP contribution in [0, 0.1) is 24.0 Å². The average Bonchev–Trinajstić information content (AvgIpc) is 0.856. The fraction of sp³-hybridized carbons (Fsp3) is 0.298. The molecule has 0 unspecified atom stereocenters. The maximum absolute atomic E-state index is 12.3. The van der Waals surface area contributed by atoms with Gasteiger partial charge in [0.1, 0.15) is 27.7 Å². The monoisotopic (exact) mass is 1410 g/mol. The maximum atomic E-state index is 12.3. The van der Waals surface area contributed by atoms with Gasteiger partial charge in [-0.1, -0.05) is 6.07 Å². The van der Waals surface area contributed by atoms with E-state index in [9.17, 15) is 87.9 Å². The van der Waals surface area contributed by atoms with Gasteiger partial charge in [0.2, 0.25) is 17.8 Å². The Morgan fingerprint density at radius 3 is 1.66 bits per heavy atom. The molecule has 1 aromatic heterocycles. The molecule has 5 aromatic carbocycles. The number of anilines is 6. The van der Waals surface area contributed by atoms with Crippen LogP contribution in [0.2, 0.25) is 0 Å². The van der Waals surface area contributed by atoms with E-state index in [1.54, 1.807) is 6.92 Å². The smallest absolute Gasteiger partial charge is 0.297 e. The molecule has 6 rings (SSSR count). The van der Waals surface area contributed by atoms with E-state index in [0.29, 0.717) is 11.6 Å². The van der Waals surface area contributed by atoms with Crippen molar-refractivity contribution in [2.75, 3.05) is 76.0 Å². The summed E-state index contributed by atoms with van der Waals surface area (Å²) in [5, 5.41) is 43.4. The number of hydrogen-bond acceptors (Lipinski definition) is 30. The molecule has 0 aliphatic carbocycles. The number of nitro benzene ring substituents is 1. The second kappa shape index (κ2) is 30.1. The number of nitrogen functional groups attached to an aromatic ring is 1. The Morgan fingerprint density at radius 2 is 1.09 bits per heavy atom. The molecule has 0 bridgehead atoms. The van der Waals surface area contributed by atoms with Gasteiger partial charge in [-0.3, -0.25) is 37.4 Å². The number of azo groups is 3. The zero-order chi connectivity index (χ0) is 66.6. The van der Waals surface area contributed by atoms with Gasteiger partial charge < -0.3 is 26.0 Å². The molecule has 10 N–H and O–H groups in total. The molecule has 43 heteroatoms. The first kappa shape index (κ1) is 71.5. The molecule has 0 spiro atoms. The third kappa shape index (κ3) is 23.1. The van der Waals surface area contributed by atoms with Gasteiger partial charge in [0, 0.05) is 47.3 Å². The number of thioether (sulfide) groups is 2. The first-order chi connectivity index (χ1) is 41.8. The molecule has 1 heterocycles. The molecule has 0 fully saturated rings. The van der Waals surface area contributed by atoms with Crippen LogP contribution >= 0.6 is 23.5 Å². The highest BCUT2D eigenvalue weighted by Gasteiger charge is 2.23. The van der Waals surface area contributed by atoms with E-state index in [4.69, 9.17) is 10.5 Å². The lowest BCUT2D eigenvalue weighted by Gasteiger charge is -2.19. The third-order valence-electron chi connectivity index (χ3n) is 11.6. The Bertz CT molecular complexity index is 4510.